The predicted molar refractivity (Wildman–Crippen MR) is 96.0 cm³/mol. The van der Waals surface area contributed by atoms with Gasteiger partial charge >= 0.3 is 0 Å². The van der Waals surface area contributed by atoms with Gasteiger partial charge in [0.05, 0.1) is 5.25 Å². The molecular weight excluding hydrogens is 324 g/mol. The third kappa shape index (κ3) is 3.32. The van der Waals surface area contributed by atoms with Crippen LogP contribution in [-0.2, 0) is 17.8 Å². The predicted octanol–water partition coefficient (Wildman–Crippen LogP) is 3.11. The van der Waals surface area contributed by atoms with Crippen LogP contribution in [0.1, 0.15) is 10.4 Å². The lowest BCUT2D eigenvalue weighted by atomic mass is 10.1. The molecule has 3 nitrogen and oxygen atoms in total. The molecule has 1 atom stereocenters. The number of piperazine rings is 1. The number of benzene rings is 1. The first-order valence-corrected chi connectivity index (χ1v) is 9.83. The normalized spacial score (nSPS) is 21.4. The van der Waals surface area contributed by atoms with Crippen molar-refractivity contribution in [3.8, 4) is 0 Å². The van der Waals surface area contributed by atoms with E-state index in [-0.39, 0.29) is 5.25 Å². The van der Waals surface area contributed by atoms with Crippen LogP contribution < -0.4 is 0 Å². The highest BCUT2D eigenvalue weighted by Gasteiger charge is 2.32. The molecule has 23 heavy (non-hydrogen) atoms. The van der Waals surface area contributed by atoms with Gasteiger partial charge in [0.1, 0.15) is 0 Å². The molecule has 0 spiro atoms. The van der Waals surface area contributed by atoms with Crippen molar-refractivity contribution < 1.29 is 4.79 Å². The Bertz CT molecular complexity index is 653. The first-order valence-electron chi connectivity index (χ1n) is 8.08. The summed E-state index contributed by atoms with van der Waals surface area (Å²) in [7, 11) is 0. The van der Waals surface area contributed by atoms with E-state index in [2.05, 4.69) is 51.6 Å². The van der Waals surface area contributed by atoms with E-state index in [1.165, 1.54) is 15.3 Å². The van der Waals surface area contributed by atoms with Crippen LogP contribution >= 0.6 is 23.1 Å². The summed E-state index contributed by atoms with van der Waals surface area (Å²) >= 11 is 3.55. The van der Waals surface area contributed by atoms with Crippen LogP contribution in [0.15, 0.2) is 46.7 Å². The van der Waals surface area contributed by atoms with E-state index >= 15 is 0 Å². The number of fused-ring (bicyclic) bond motifs is 1. The Morgan fingerprint density at radius 2 is 1.91 bits per heavy atom. The zero-order valence-electron chi connectivity index (χ0n) is 13.0. The number of hydrogen-bond donors (Lipinski definition) is 0. The molecule has 1 aromatic carbocycles. The summed E-state index contributed by atoms with van der Waals surface area (Å²) in [5.74, 6) is 0.321. The van der Waals surface area contributed by atoms with Crippen molar-refractivity contribution in [2.45, 2.75) is 23.1 Å². The number of hydrogen-bond acceptors (Lipinski definition) is 4. The second-order valence-electron chi connectivity index (χ2n) is 6.10. The van der Waals surface area contributed by atoms with E-state index < -0.39 is 0 Å². The van der Waals surface area contributed by atoms with Crippen LogP contribution in [0.3, 0.4) is 0 Å². The first kappa shape index (κ1) is 15.2. The van der Waals surface area contributed by atoms with E-state index in [0.717, 1.165) is 39.1 Å². The molecule has 1 fully saturated rings. The molecule has 1 unspecified atom stereocenters. The molecule has 4 rings (SSSR count). The van der Waals surface area contributed by atoms with Gasteiger partial charge < -0.3 is 4.90 Å². The van der Waals surface area contributed by atoms with E-state index in [1.807, 2.05) is 11.3 Å². The van der Waals surface area contributed by atoms with Crippen LogP contribution in [0.5, 0.6) is 0 Å². The van der Waals surface area contributed by atoms with Gasteiger partial charge in [-0.2, -0.15) is 0 Å². The van der Waals surface area contributed by atoms with E-state index in [4.69, 9.17) is 0 Å². The number of carbonyl (C=O) groups is 1. The fraction of sp³-hybridized carbons (Fsp3) is 0.389. The highest BCUT2D eigenvalue weighted by Crippen LogP contribution is 2.37. The summed E-state index contributed by atoms with van der Waals surface area (Å²) in [6.07, 6.45) is 0.884. The SMILES string of the molecule is O=C(C1Cc2ccccc2S1)N1CCN(Cc2cccs2)CC1. The van der Waals surface area contributed by atoms with Gasteiger partial charge in [-0.3, -0.25) is 9.69 Å². The number of thioether (sulfide) groups is 1. The zero-order chi connectivity index (χ0) is 15.6. The van der Waals surface area contributed by atoms with Gasteiger partial charge in [0.2, 0.25) is 5.91 Å². The summed E-state index contributed by atoms with van der Waals surface area (Å²) in [6, 6.07) is 12.7. The molecule has 2 aliphatic rings. The Morgan fingerprint density at radius 1 is 1.09 bits per heavy atom. The topological polar surface area (TPSA) is 23.6 Å². The van der Waals surface area contributed by atoms with Gasteiger partial charge in [0.15, 0.2) is 0 Å². The first-order chi connectivity index (χ1) is 11.3. The second-order valence-corrected chi connectivity index (χ2v) is 8.38. The van der Waals surface area contributed by atoms with Crippen molar-refractivity contribution in [2.75, 3.05) is 26.2 Å². The molecule has 3 heterocycles. The molecule has 0 saturated carbocycles. The smallest absolute Gasteiger partial charge is 0.236 e. The standard InChI is InChI=1S/C18H20N2OS2/c21-18(17-12-14-4-1-2-6-16(14)23-17)20-9-7-19(8-10-20)13-15-5-3-11-22-15/h1-6,11,17H,7-10,12-13H2. The maximum absolute atomic E-state index is 12.8. The minimum atomic E-state index is 0.0799. The number of amides is 1. The summed E-state index contributed by atoms with van der Waals surface area (Å²) in [6.45, 7) is 4.69. The zero-order valence-corrected chi connectivity index (χ0v) is 14.6. The van der Waals surface area contributed by atoms with E-state index in [0.29, 0.717) is 5.91 Å². The number of thiophene rings is 1. The van der Waals surface area contributed by atoms with Gasteiger partial charge in [0.25, 0.3) is 0 Å². The number of nitrogens with zero attached hydrogens (tertiary/aromatic N) is 2. The van der Waals surface area contributed by atoms with Gasteiger partial charge in [-0.05, 0) is 29.5 Å². The molecule has 5 heteroatoms. The highest BCUT2D eigenvalue weighted by atomic mass is 32.2. The van der Waals surface area contributed by atoms with E-state index in [9.17, 15) is 4.79 Å². The van der Waals surface area contributed by atoms with Crippen LogP contribution in [0, 0.1) is 0 Å². The largest absolute Gasteiger partial charge is 0.339 e. The number of rotatable bonds is 3. The highest BCUT2D eigenvalue weighted by molar-refractivity contribution is 8.01. The summed E-state index contributed by atoms with van der Waals surface area (Å²) in [5.41, 5.74) is 1.33. The number of carbonyl (C=O) groups excluding carboxylic acids is 1. The van der Waals surface area contributed by atoms with Crippen molar-refractivity contribution in [3.63, 3.8) is 0 Å². The minimum Gasteiger partial charge on any atom is -0.339 e. The molecule has 1 saturated heterocycles. The van der Waals surface area contributed by atoms with Crippen LogP contribution in [-0.4, -0.2) is 47.1 Å². The fourth-order valence-corrected chi connectivity index (χ4v) is 5.30. The third-order valence-corrected chi connectivity index (χ3v) is 6.73. The average molecular weight is 345 g/mol. The van der Waals surface area contributed by atoms with Gasteiger partial charge in [-0.1, -0.05) is 24.3 Å². The molecule has 0 radical (unpaired) electrons. The lowest BCUT2D eigenvalue weighted by Crippen LogP contribution is -2.50. The van der Waals surface area contributed by atoms with E-state index in [1.54, 1.807) is 11.8 Å². The van der Waals surface area contributed by atoms with Crippen LogP contribution in [0.25, 0.3) is 0 Å². The van der Waals surface area contributed by atoms with Crippen molar-refractivity contribution in [3.05, 3.63) is 52.2 Å². The fourth-order valence-electron chi connectivity index (χ4n) is 3.27. The molecular formula is C18H20N2OS2. The average Bonchev–Trinajstić information content (AvgIpc) is 3.24. The van der Waals surface area contributed by atoms with Crippen molar-refractivity contribution in [2.24, 2.45) is 0 Å². The lowest BCUT2D eigenvalue weighted by Gasteiger charge is -2.35. The molecule has 2 aliphatic heterocycles. The molecule has 2 aromatic rings. The minimum absolute atomic E-state index is 0.0799. The Balaban J connectivity index is 1.31. The molecule has 1 amide bonds. The third-order valence-electron chi connectivity index (χ3n) is 4.57. The van der Waals surface area contributed by atoms with Crippen molar-refractivity contribution in [1.29, 1.82) is 0 Å². The van der Waals surface area contributed by atoms with Gasteiger partial charge in [-0.15, -0.1) is 23.1 Å². The van der Waals surface area contributed by atoms with Crippen LogP contribution in [0.2, 0.25) is 0 Å². The second kappa shape index (κ2) is 6.67. The molecule has 120 valence electrons. The quantitative estimate of drug-likeness (QED) is 0.855. The van der Waals surface area contributed by atoms with Crippen molar-refractivity contribution in [1.82, 2.24) is 9.80 Å². The monoisotopic (exact) mass is 344 g/mol. The molecule has 0 N–H and O–H groups in total. The van der Waals surface area contributed by atoms with Gasteiger partial charge in [-0.25, -0.2) is 0 Å². The Kier molecular flexibility index (Phi) is 4.42. The summed E-state index contributed by atoms with van der Waals surface area (Å²) < 4.78 is 0. The summed E-state index contributed by atoms with van der Waals surface area (Å²) in [4.78, 5) is 20.0. The molecule has 0 aliphatic carbocycles. The Morgan fingerprint density at radius 3 is 2.65 bits per heavy atom. The maximum atomic E-state index is 12.8. The Labute approximate surface area is 145 Å². The van der Waals surface area contributed by atoms with Crippen molar-refractivity contribution >= 4 is 29.0 Å². The van der Waals surface area contributed by atoms with Gasteiger partial charge in [0, 0.05) is 42.5 Å². The summed E-state index contributed by atoms with van der Waals surface area (Å²) in [5, 5.41) is 2.21. The molecule has 0 bridgehead atoms. The Hall–Kier alpha value is -1.30. The lowest BCUT2D eigenvalue weighted by molar-refractivity contribution is -0.132. The molecule has 1 aromatic heterocycles. The van der Waals surface area contributed by atoms with Crippen LogP contribution in [0.4, 0.5) is 0 Å². The maximum Gasteiger partial charge on any atom is 0.236 e.